The number of hydrogen-bond acceptors (Lipinski definition) is 16. The number of carbonyl (C=O) groups is 6. The summed E-state index contributed by atoms with van der Waals surface area (Å²) in [5, 5.41) is 27.9. The molecule has 0 aliphatic heterocycles. The zero-order valence-corrected chi connectivity index (χ0v) is 45.0. The molecule has 2 unspecified atom stereocenters. The fourth-order valence-electron chi connectivity index (χ4n) is 4.95. The van der Waals surface area contributed by atoms with Crippen LogP contribution in [0.4, 0.5) is 0 Å². The van der Waals surface area contributed by atoms with E-state index in [0.717, 1.165) is 28.5 Å². The van der Waals surface area contributed by atoms with Crippen molar-refractivity contribution in [2.24, 2.45) is 5.73 Å². The maximum Gasteiger partial charge on any atom is 0.360 e. The smallest absolute Gasteiger partial charge is 0.360 e. The number of amides is 1. The molecule has 0 aliphatic carbocycles. The summed E-state index contributed by atoms with van der Waals surface area (Å²) in [6.07, 6.45) is 4.02. The van der Waals surface area contributed by atoms with Gasteiger partial charge >= 0.3 is 23.9 Å². The molecule has 406 valence electrons. The van der Waals surface area contributed by atoms with E-state index < -0.39 is 42.6 Å². The van der Waals surface area contributed by atoms with Crippen molar-refractivity contribution in [3.63, 3.8) is 0 Å². The molecule has 0 aliphatic rings. The van der Waals surface area contributed by atoms with Crippen LogP contribution >= 0.6 is 11.6 Å². The Morgan fingerprint density at radius 3 is 1.23 bits per heavy atom. The maximum absolute atomic E-state index is 11.6. The van der Waals surface area contributed by atoms with E-state index in [4.69, 9.17) is 41.5 Å². The number of benzene rings is 4. The maximum atomic E-state index is 11.6. The lowest BCUT2D eigenvalue weighted by Gasteiger charge is -2.13. The Labute approximate surface area is 440 Å². The van der Waals surface area contributed by atoms with Gasteiger partial charge in [-0.15, -0.1) is 0 Å². The molecule has 6 rings (SSSR count). The second-order valence-corrected chi connectivity index (χ2v) is 13.6. The summed E-state index contributed by atoms with van der Waals surface area (Å²) in [6, 6.07) is 36.1. The van der Waals surface area contributed by atoms with Crippen LogP contribution in [0.5, 0.6) is 0 Å². The topological polar surface area (TPSA) is 281 Å². The van der Waals surface area contributed by atoms with E-state index >= 15 is 0 Å². The lowest BCUT2D eigenvalue weighted by atomic mass is 10.1. The van der Waals surface area contributed by atoms with Gasteiger partial charge in [0.1, 0.15) is 18.6 Å². The zero-order valence-electron chi connectivity index (χ0n) is 44.3. The molecule has 1 amide bonds. The number of aromatic nitrogens is 2. The molecule has 19 heteroatoms. The van der Waals surface area contributed by atoms with Crippen LogP contribution in [-0.2, 0) is 59.1 Å². The first-order valence-corrected chi connectivity index (χ1v) is 24.1. The van der Waals surface area contributed by atoms with Gasteiger partial charge in [0, 0.05) is 19.3 Å². The van der Waals surface area contributed by atoms with Crippen molar-refractivity contribution in [3.05, 3.63) is 179 Å². The second kappa shape index (κ2) is 46.6. The molecule has 0 spiro atoms. The van der Waals surface area contributed by atoms with E-state index in [2.05, 4.69) is 29.5 Å². The monoisotopic (exact) mass is 1050 g/mol. The number of rotatable bonds is 15. The summed E-state index contributed by atoms with van der Waals surface area (Å²) in [6.45, 7) is 15.2. The van der Waals surface area contributed by atoms with Gasteiger partial charge in [0.05, 0.1) is 41.0 Å². The summed E-state index contributed by atoms with van der Waals surface area (Å²) in [5.41, 5.74) is 9.07. The van der Waals surface area contributed by atoms with Gasteiger partial charge < -0.3 is 49.4 Å². The summed E-state index contributed by atoms with van der Waals surface area (Å²) < 4.78 is 23.4. The number of nitrogens with one attached hydrogen (secondary N) is 1. The summed E-state index contributed by atoms with van der Waals surface area (Å²) in [7, 11) is 3.74. The Morgan fingerprint density at radius 2 is 0.919 bits per heavy atom. The molecule has 18 nitrogen and oxygen atoms in total. The molecule has 0 saturated heterocycles. The minimum Gasteiger partial charge on any atom is -0.476 e. The van der Waals surface area contributed by atoms with Gasteiger partial charge in [0.25, 0.3) is 0 Å². The van der Waals surface area contributed by atoms with Crippen molar-refractivity contribution >= 4 is 46.6 Å². The number of carbonyl (C=O) groups excluding carboxylic acids is 5. The Kier molecular flexibility index (Phi) is 44.5. The standard InChI is InChI=1S/C12H15NO4.C12H11NO3.C11H9NO3.C8H7ClO.C4H9NO3.4C2H6/c1-17-12(16)10(8-14)13-11(15)7-9-5-3-2-4-6-9;1-15-12(14)10-8-16-11(13-10)7-9-5-3-2-4-6-9;13-11(14)9-7-15-10(12-9)6-8-4-2-1-3-5-8;9-8(10)6-7-4-2-1-3-5-7;1-8-4(7)3(5)2-6;4*1-2/h2-6,10,14H,7-8H2,1H3,(H,13,15);2-6,8H,7H2,1H3;1-5,7H,6H2,(H,13,14);1-5H,6H2;3,6H,2,5H2,1H3;4*1-2H3. The Bertz CT molecular complexity index is 2350. The van der Waals surface area contributed by atoms with E-state index in [9.17, 15) is 28.8 Å². The van der Waals surface area contributed by atoms with Crippen LogP contribution in [0, 0.1) is 0 Å². The number of hydrogen-bond donors (Lipinski definition) is 5. The number of aromatic carboxylic acids is 1. The average Bonchev–Trinajstić information content (AvgIpc) is 4.13. The third-order valence-corrected chi connectivity index (χ3v) is 8.34. The van der Waals surface area contributed by atoms with E-state index in [1.807, 2.05) is 177 Å². The molecule has 0 saturated carbocycles. The molecular formula is C55H75ClN4O14. The van der Waals surface area contributed by atoms with Crippen molar-refractivity contribution in [2.75, 3.05) is 34.5 Å². The lowest BCUT2D eigenvalue weighted by Crippen LogP contribution is -2.44. The number of ether oxygens (including phenoxy) is 3. The molecule has 2 heterocycles. The lowest BCUT2D eigenvalue weighted by molar-refractivity contribution is -0.146. The Balaban J connectivity index is -0.000000838. The van der Waals surface area contributed by atoms with Gasteiger partial charge in [-0.3, -0.25) is 14.4 Å². The Morgan fingerprint density at radius 1 is 0.554 bits per heavy atom. The minimum atomic E-state index is -1.07. The van der Waals surface area contributed by atoms with Gasteiger partial charge in [-0.25, -0.2) is 24.4 Å². The van der Waals surface area contributed by atoms with Crippen molar-refractivity contribution in [2.45, 2.75) is 93.2 Å². The molecule has 2 aromatic heterocycles. The molecule has 0 radical (unpaired) electrons. The predicted octanol–water partition coefficient (Wildman–Crippen LogP) is 8.47. The van der Waals surface area contributed by atoms with Crippen LogP contribution in [0.3, 0.4) is 0 Å². The summed E-state index contributed by atoms with van der Waals surface area (Å²) in [5.74, 6) is -2.21. The van der Waals surface area contributed by atoms with Crippen LogP contribution < -0.4 is 11.1 Å². The quantitative estimate of drug-likeness (QED) is 0.0366. The van der Waals surface area contributed by atoms with Crippen LogP contribution in [-0.4, -0.2) is 107 Å². The number of halogens is 1. The summed E-state index contributed by atoms with van der Waals surface area (Å²) >= 11 is 5.17. The first-order valence-electron chi connectivity index (χ1n) is 23.7. The molecule has 74 heavy (non-hydrogen) atoms. The van der Waals surface area contributed by atoms with Gasteiger partial charge in [-0.2, -0.15) is 0 Å². The first kappa shape index (κ1) is 70.7. The third kappa shape index (κ3) is 33.2. The highest BCUT2D eigenvalue weighted by molar-refractivity contribution is 6.63. The molecule has 2 atom stereocenters. The first-order chi connectivity index (χ1) is 35.7. The number of carboxylic acids is 1. The fraction of sp³-hybridized carbons (Fsp3) is 0.345. The van der Waals surface area contributed by atoms with Crippen molar-refractivity contribution < 1.29 is 67.1 Å². The van der Waals surface area contributed by atoms with E-state index in [-0.39, 0.29) is 35.6 Å². The van der Waals surface area contributed by atoms with Crippen LogP contribution in [0.2, 0.25) is 0 Å². The van der Waals surface area contributed by atoms with Gasteiger partial charge in [0.2, 0.25) is 11.1 Å². The highest BCUT2D eigenvalue weighted by Gasteiger charge is 2.20. The van der Waals surface area contributed by atoms with Crippen molar-refractivity contribution in [1.29, 1.82) is 0 Å². The highest BCUT2D eigenvalue weighted by atomic mass is 35.5. The number of carboxylic acid groups (broad SMARTS) is 1. The molecule has 0 fully saturated rings. The SMILES string of the molecule is CC.CC.CC.CC.COC(=O)C(CO)NC(=O)Cc1ccccc1.COC(=O)C(N)CO.COC(=O)c1coc(Cc2ccccc2)n1.O=C(Cl)Cc1ccccc1.O=C(O)c1coc(Cc2ccccc2)n1. The molecule has 0 bridgehead atoms. The van der Waals surface area contributed by atoms with Crippen molar-refractivity contribution in [3.8, 4) is 0 Å². The third-order valence-electron chi connectivity index (χ3n) is 8.21. The van der Waals surface area contributed by atoms with Crippen LogP contribution in [0.25, 0.3) is 0 Å². The fourth-order valence-corrected chi connectivity index (χ4v) is 5.11. The molecular weight excluding hydrogens is 976 g/mol. The number of esters is 3. The number of methoxy groups -OCH3 is 3. The van der Waals surface area contributed by atoms with E-state index in [0.29, 0.717) is 31.0 Å². The second-order valence-electron chi connectivity index (χ2n) is 13.2. The normalized spacial score (nSPS) is 9.88. The average molecular weight is 1050 g/mol. The number of oxazole rings is 2. The largest absolute Gasteiger partial charge is 0.476 e. The van der Waals surface area contributed by atoms with Crippen LogP contribution in [0.1, 0.15) is 110 Å². The van der Waals surface area contributed by atoms with E-state index in [1.165, 1.54) is 27.6 Å². The summed E-state index contributed by atoms with van der Waals surface area (Å²) in [4.78, 5) is 72.9. The zero-order chi connectivity index (χ0) is 56.7. The molecule has 6 aromatic rings. The number of nitrogens with zero attached hydrogens (tertiary/aromatic N) is 2. The number of aliphatic hydroxyl groups is 2. The Hall–Kier alpha value is -7.51. The molecule has 4 aromatic carbocycles. The van der Waals surface area contributed by atoms with Crippen molar-refractivity contribution in [1.82, 2.24) is 15.3 Å². The minimum absolute atomic E-state index is 0.0547. The number of aliphatic hydroxyl groups excluding tert-OH is 2. The van der Waals surface area contributed by atoms with E-state index in [1.54, 1.807) is 0 Å². The molecule has 6 N–H and O–H groups in total. The van der Waals surface area contributed by atoms with Gasteiger partial charge in [-0.05, 0) is 33.9 Å². The number of nitrogens with two attached hydrogens (primary N) is 1. The van der Waals surface area contributed by atoms with Gasteiger partial charge in [0.15, 0.2) is 29.2 Å². The van der Waals surface area contributed by atoms with Crippen LogP contribution in [0.15, 0.2) is 143 Å². The predicted molar refractivity (Wildman–Crippen MR) is 284 cm³/mol. The highest BCUT2D eigenvalue weighted by Crippen LogP contribution is 2.11. The van der Waals surface area contributed by atoms with Gasteiger partial charge in [-0.1, -0.05) is 177 Å².